The Morgan fingerprint density at radius 1 is 1.11 bits per heavy atom. The Labute approximate surface area is 159 Å². The van der Waals surface area contributed by atoms with Gasteiger partial charge in [0.1, 0.15) is 5.82 Å². The van der Waals surface area contributed by atoms with Crippen LogP contribution in [0.5, 0.6) is 11.5 Å². The number of amides is 1. The molecule has 1 fully saturated rings. The molecule has 0 unspecified atom stereocenters. The number of rotatable bonds is 5. The van der Waals surface area contributed by atoms with Crippen LogP contribution in [-0.2, 0) is 0 Å². The van der Waals surface area contributed by atoms with Gasteiger partial charge >= 0.3 is 0 Å². The van der Waals surface area contributed by atoms with Gasteiger partial charge in [-0.15, -0.1) is 0 Å². The fraction of sp³-hybridized carbons (Fsp3) is 0.381. The molecule has 0 saturated carbocycles. The number of ether oxygens (including phenoxy) is 2. The van der Waals surface area contributed by atoms with Gasteiger partial charge in [-0.25, -0.2) is 4.39 Å². The second-order valence-electron chi connectivity index (χ2n) is 6.86. The van der Waals surface area contributed by atoms with Crippen molar-refractivity contribution in [2.75, 3.05) is 34.4 Å². The molecule has 3 rings (SSSR count). The summed E-state index contributed by atoms with van der Waals surface area (Å²) < 4.78 is 23.9. The quantitative estimate of drug-likeness (QED) is 0.876. The van der Waals surface area contributed by atoms with Crippen LogP contribution < -0.4 is 14.8 Å². The molecule has 0 aromatic heterocycles. The van der Waals surface area contributed by atoms with Gasteiger partial charge in [0.05, 0.1) is 14.2 Å². The molecule has 6 heteroatoms. The van der Waals surface area contributed by atoms with Crippen LogP contribution in [0.15, 0.2) is 42.5 Å². The van der Waals surface area contributed by atoms with Crippen LogP contribution in [0.4, 0.5) is 4.39 Å². The highest BCUT2D eigenvalue weighted by Gasteiger charge is 2.31. The zero-order chi connectivity index (χ0) is 19.4. The zero-order valence-electron chi connectivity index (χ0n) is 15.9. The van der Waals surface area contributed by atoms with E-state index in [9.17, 15) is 9.18 Å². The molecule has 2 atom stereocenters. The van der Waals surface area contributed by atoms with E-state index in [2.05, 4.69) is 17.3 Å². The highest BCUT2D eigenvalue weighted by molar-refractivity contribution is 5.94. The molecule has 0 bridgehead atoms. The summed E-state index contributed by atoms with van der Waals surface area (Å²) in [5, 5.41) is 3.13. The Bertz CT molecular complexity index is 795. The topological polar surface area (TPSA) is 50.8 Å². The highest BCUT2D eigenvalue weighted by Crippen LogP contribution is 2.34. The Balaban J connectivity index is 1.83. The molecule has 1 N–H and O–H groups in total. The average Bonchev–Trinajstić information content (AvgIpc) is 2.69. The number of methoxy groups -OCH3 is 2. The van der Waals surface area contributed by atoms with Crippen LogP contribution in [-0.4, -0.2) is 51.2 Å². The van der Waals surface area contributed by atoms with Crippen molar-refractivity contribution >= 4 is 5.91 Å². The van der Waals surface area contributed by atoms with Crippen LogP contribution in [0, 0.1) is 5.82 Å². The molecule has 1 amide bonds. The zero-order valence-corrected chi connectivity index (χ0v) is 15.9. The van der Waals surface area contributed by atoms with Crippen LogP contribution in [0.25, 0.3) is 0 Å². The molecule has 0 radical (unpaired) electrons. The van der Waals surface area contributed by atoms with Crippen molar-refractivity contribution in [3.63, 3.8) is 0 Å². The first kappa shape index (κ1) is 19.2. The Kier molecular flexibility index (Phi) is 5.96. The molecule has 2 aromatic carbocycles. The Morgan fingerprint density at radius 2 is 1.81 bits per heavy atom. The first-order valence-electron chi connectivity index (χ1n) is 8.98. The third-order valence-corrected chi connectivity index (χ3v) is 5.07. The number of halogens is 1. The van der Waals surface area contributed by atoms with Gasteiger partial charge in [0, 0.05) is 24.1 Å². The predicted molar refractivity (Wildman–Crippen MR) is 102 cm³/mol. The summed E-state index contributed by atoms with van der Waals surface area (Å²) in [6.45, 7) is 1.72. The van der Waals surface area contributed by atoms with E-state index in [4.69, 9.17) is 9.47 Å². The number of nitrogens with one attached hydrogen (secondary N) is 1. The van der Waals surface area contributed by atoms with Crippen molar-refractivity contribution in [3.05, 3.63) is 59.4 Å². The van der Waals surface area contributed by atoms with E-state index in [-0.39, 0.29) is 23.7 Å². The Hall–Kier alpha value is -2.60. The molecule has 27 heavy (non-hydrogen) atoms. The third kappa shape index (κ3) is 4.39. The van der Waals surface area contributed by atoms with Gasteiger partial charge < -0.3 is 19.7 Å². The minimum absolute atomic E-state index is 0.0168. The summed E-state index contributed by atoms with van der Waals surface area (Å²) in [7, 11) is 5.30. The molecular formula is C21H25FN2O3. The number of carbonyl (C=O) groups is 1. The number of hydrogen-bond donors (Lipinski definition) is 1. The number of likely N-dealkylation sites (tertiary alicyclic amines) is 1. The molecule has 1 heterocycles. The SMILES string of the molecule is COc1ccc([C@@H]2CN(C)CC[C@@H]2NC(=O)c2ccc(F)cc2)cc1OC. The lowest BCUT2D eigenvalue weighted by Gasteiger charge is -2.37. The standard InChI is InChI=1S/C21H25FN2O3/c1-24-11-10-18(23-21(25)14-4-7-16(22)8-5-14)17(13-24)15-6-9-19(26-2)20(12-15)27-3/h4-9,12,17-18H,10-11,13H2,1-3H3,(H,23,25)/t17-,18-/m0/s1. The van der Waals surface area contributed by atoms with E-state index in [1.165, 1.54) is 24.3 Å². The van der Waals surface area contributed by atoms with E-state index in [1.807, 2.05) is 18.2 Å². The monoisotopic (exact) mass is 372 g/mol. The number of hydrogen-bond acceptors (Lipinski definition) is 4. The second-order valence-corrected chi connectivity index (χ2v) is 6.86. The molecule has 1 saturated heterocycles. The first-order valence-corrected chi connectivity index (χ1v) is 8.98. The maximum atomic E-state index is 13.1. The average molecular weight is 372 g/mol. The summed E-state index contributed by atoms with van der Waals surface area (Å²) in [6.07, 6.45) is 0.836. The summed E-state index contributed by atoms with van der Waals surface area (Å²) >= 11 is 0. The first-order chi connectivity index (χ1) is 13.0. The van der Waals surface area contributed by atoms with Gasteiger partial charge in [-0.05, 0) is 62.0 Å². The summed E-state index contributed by atoms with van der Waals surface area (Å²) in [5.41, 5.74) is 1.55. The predicted octanol–water partition coefficient (Wildman–Crippen LogP) is 3.06. The van der Waals surface area contributed by atoms with Gasteiger partial charge in [-0.2, -0.15) is 0 Å². The van der Waals surface area contributed by atoms with E-state index in [0.717, 1.165) is 25.1 Å². The lowest BCUT2D eigenvalue weighted by Crippen LogP contribution is -2.48. The number of piperidine rings is 1. The number of carbonyl (C=O) groups excluding carboxylic acids is 1. The van der Waals surface area contributed by atoms with Crippen molar-refractivity contribution in [2.24, 2.45) is 0 Å². The minimum Gasteiger partial charge on any atom is -0.493 e. The van der Waals surface area contributed by atoms with E-state index < -0.39 is 0 Å². The lowest BCUT2D eigenvalue weighted by molar-refractivity contribution is 0.0904. The maximum Gasteiger partial charge on any atom is 0.251 e. The number of benzene rings is 2. The number of likely N-dealkylation sites (N-methyl/N-ethyl adjacent to an activating group) is 1. The molecular weight excluding hydrogens is 347 g/mol. The fourth-order valence-electron chi connectivity index (χ4n) is 3.56. The molecule has 0 aliphatic carbocycles. The van der Waals surface area contributed by atoms with E-state index in [0.29, 0.717) is 17.1 Å². The Morgan fingerprint density at radius 3 is 2.48 bits per heavy atom. The fourth-order valence-corrected chi connectivity index (χ4v) is 3.56. The molecule has 5 nitrogen and oxygen atoms in total. The smallest absolute Gasteiger partial charge is 0.251 e. The largest absolute Gasteiger partial charge is 0.493 e. The molecule has 1 aliphatic rings. The lowest BCUT2D eigenvalue weighted by atomic mass is 9.85. The molecule has 2 aromatic rings. The van der Waals surface area contributed by atoms with Crippen molar-refractivity contribution in [2.45, 2.75) is 18.4 Å². The molecule has 144 valence electrons. The maximum absolute atomic E-state index is 13.1. The van der Waals surface area contributed by atoms with Gasteiger partial charge in [-0.3, -0.25) is 4.79 Å². The summed E-state index contributed by atoms with van der Waals surface area (Å²) in [5.74, 6) is 0.932. The van der Waals surface area contributed by atoms with Crippen LogP contribution in [0.3, 0.4) is 0 Å². The van der Waals surface area contributed by atoms with Crippen LogP contribution >= 0.6 is 0 Å². The highest BCUT2D eigenvalue weighted by atomic mass is 19.1. The minimum atomic E-state index is -0.353. The van der Waals surface area contributed by atoms with E-state index in [1.54, 1.807) is 14.2 Å². The number of nitrogens with zero attached hydrogens (tertiary/aromatic N) is 1. The normalized spacial score (nSPS) is 20.1. The van der Waals surface area contributed by atoms with Crippen molar-refractivity contribution < 1.29 is 18.7 Å². The van der Waals surface area contributed by atoms with Gasteiger partial charge in [0.25, 0.3) is 5.91 Å². The second kappa shape index (κ2) is 8.39. The third-order valence-electron chi connectivity index (χ3n) is 5.07. The molecule has 1 aliphatic heterocycles. The van der Waals surface area contributed by atoms with Crippen molar-refractivity contribution in [1.82, 2.24) is 10.2 Å². The summed E-state index contributed by atoms with van der Waals surface area (Å²) in [4.78, 5) is 14.9. The molecule has 0 spiro atoms. The van der Waals surface area contributed by atoms with Crippen LogP contribution in [0.2, 0.25) is 0 Å². The van der Waals surface area contributed by atoms with Crippen molar-refractivity contribution in [1.29, 1.82) is 0 Å². The van der Waals surface area contributed by atoms with Gasteiger partial charge in [0.2, 0.25) is 0 Å². The van der Waals surface area contributed by atoms with E-state index >= 15 is 0 Å². The summed E-state index contributed by atoms with van der Waals surface area (Å²) in [6, 6.07) is 11.5. The van der Waals surface area contributed by atoms with Gasteiger partial charge in [-0.1, -0.05) is 6.07 Å². The van der Waals surface area contributed by atoms with Crippen LogP contribution in [0.1, 0.15) is 28.3 Å². The van der Waals surface area contributed by atoms with Crippen molar-refractivity contribution in [3.8, 4) is 11.5 Å². The van der Waals surface area contributed by atoms with Gasteiger partial charge in [0.15, 0.2) is 11.5 Å².